The summed E-state index contributed by atoms with van der Waals surface area (Å²) in [6.45, 7) is 3.37. The van der Waals surface area contributed by atoms with Crippen molar-refractivity contribution in [1.29, 1.82) is 0 Å². The number of phosphoric acid groups is 1. The molecule has 0 fully saturated rings. The van der Waals surface area contributed by atoms with Crippen LogP contribution in [0.25, 0.3) is 0 Å². The van der Waals surface area contributed by atoms with E-state index in [1.54, 1.807) is 0 Å². The van der Waals surface area contributed by atoms with Crippen LogP contribution in [-0.4, -0.2) is 74.9 Å². The van der Waals surface area contributed by atoms with E-state index in [2.05, 4.69) is 31.2 Å². The Morgan fingerprint density at radius 1 is 0.717 bits per heavy atom. The van der Waals surface area contributed by atoms with E-state index in [0.717, 1.165) is 25.7 Å². The van der Waals surface area contributed by atoms with Crippen molar-refractivity contribution in [2.24, 2.45) is 0 Å². The summed E-state index contributed by atoms with van der Waals surface area (Å²) in [5, 5.41) is 0. The summed E-state index contributed by atoms with van der Waals surface area (Å²) in [4.78, 5) is 33.5. The molecule has 2 atom stereocenters. The predicted octanol–water partition coefficient (Wildman–Crippen LogP) is 9.24. The molecule has 0 amide bonds. The van der Waals surface area contributed by atoms with Crippen LogP contribution in [0.1, 0.15) is 142 Å². The third kappa shape index (κ3) is 33.8. The summed E-state index contributed by atoms with van der Waals surface area (Å²) in [7, 11) is 1.47. The van der Waals surface area contributed by atoms with E-state index in [9.17, 15) is 19.0 Å². The molecule has 0 bridgehead atoms. The van der Waals surface area contributed by atoms with Crippen LogP contribution in [-0.2, 0) is 32.7 Å². The third-order valence-electron chi connectivity index (χ3n) is 7.54. The molecule has 46 heavy (non-hydrogen) atoms. The molecule has 10 heteroatoms. The topological polar surface area (TPSA) is 108 Å². The number of quaternary nitrogens is 1. The zero-order chi connectivity index (χ0) is 34.4. The van der Waals surface area contributed by atoms with Gasteiger partial charge >= 0.3 is 19.8 Å². The van der Waals surface area contributed by atoms with E-state index in [4.69, 9.17) is 18.5 Å². The second-order valence-electron chi connectivity index (χ2n) is 13.3. The maximum atomic E-state index is 12.3. The van der Waals surface area contributed by atoms with Gasteiger partial charge in [0.25, 0.3) is 0 Å². The standard InChI is InChI=1S/C36H68NO8P/c1-6-7-8-9-10-11-12-13-14-15-16-17-18-19-20-21-22-23-24-25-26-27-28-29-36(39)45-35(32-42-34(2)38)33-44-46(40,41)43-31-30-37(3,4)5/h12-13,15-16,35H,6-11,14,17-33H2,1-5H3/p+1/b13-12-,16-15-. The maximum absolute atomic E-state index is 12.3. The zero-order valence-electron chi connectivity index (χ0n) is 30.1. The van der Waals surface area contributed by atoms with Gasteiger partial charge in [-0.15, -0.1) is 0 Å². The molecule has 0 aromatic rings. The van der Waals surface area contributed by atoms with E-state index in [-0.39, 0.29) is 19.6 Å². The molecule has 0 heterocycles. The Balaban J connectivity index is 3.81. The lowest BCUT2D eigenvalue weighted by molar-refractivity contribution is -0.870. The average Bonchev–Trinajstić information content (AvgIpc) is 2.98. The normalized spacial score (nSPS) is 14.1. The Kier molecular flexibility index (Phi) is 28.6. The number of allylic oxidation sites excluding steroid dienone is 4. The minimum atomic E-state index is -4.33. The van der Waals surface area contributed by atoms with Gasteiger partial charge in [-0.25, -0.2) is 4.57 Å². The Labute approximate surface area is 281 Å². The van der Waals surface area contributed by atoms with Crippen LogP contribution in [0.3, 0.4) is 0 Å². The molecule has 9 nitrogen and oxygen atoms in total. The van der Waals surface area contributed by atoms with Gasteiger partial charge in [0.2, 0.25) is 0 Å². The highest BCUT2D eigenvalue weighted by Gasteiger charge is 2.26. The molecular formula is C36H69NO8P+. The molecule has 0 spiro atoms. The van der Waals surface area contributed by atoms with Gasteiger partial charge in [-0.2, -0.15) is 0 Å². The van der Waals surface area contributed by atoms with Crippen LogP contribution in [0, 0.1) is 0 Å². The van der Waals surface area contributed by atoms with Crippen LogP contribution in [0.4, 0.5) is 0 Å². The average molecular weight is 675 g/mol. The fourth-order valence-corrected chi connectivity index (χ4v) is 5.45. The van der Waals surface area contributed by atoms with Crippen LogP contribution in [0.5, 0.6) is 0 Å². The zero-order valence-corrected chi connectivity index (χ0v) is 31.0. The number of carbonyl (C=O) groups is 2. The number of rotatable bonds is 32. The lowest BCUT2D eigenvalue weighted by atomic mass is 10.0. The summed E-state index contributed by atoms with van der Waals surface area (Å²) in [5.74, 6) is -0.993. The van der Waals surface area contributed by atoms with Gasteiger partial charge in [0, 0.05) is 13.3 Å². The summed E-state index contributed by atoms with van der Waals surface area (Å²) in [5.41, 5.74) is 0. The van der Waals surface area contributed by atoms with Gasteiger partial charge in [0.1, 0.15) is 19.8 Å². The summed E-state index contributed by atoms with van der Waals surface area (Å²) in [6, 6.07) is 0. The smallest absolute Gasteiger partial charge is 0.462 e. The molecule has 0 aromatic heterocycles. The van der Waals surface area contributed by atoms with Gasteiger partial charge in [0.15, 0.2) is 6.10 Å². The molecule has 0 radical (unpaired) electrons. The molecule has 1 N–H and O–H groups in total. The fourth-order valence-electron chi connectivity index (χ4n) is 4.71. The second kappa shape index (κ2) is 29.6. The summed E-state index contributed by atoms with van der Waals surface area (Å²) < 4.78 is 33.0. The quantitative estimate of drug-likeness (QED) is 0.0247. The van der Waals surface area contributed by atoms with Gasteiger partial charge in [-0.05, 0) is 38.5 Å². The molecule has 0 aliphatic carbocycles. The largest absolute Gasteiger partial charge is 0.472 e. The van der Waals surface area contributed by atoms with E-state index in [0.29, 0.717) is 17.4 Å². The monoisotopic (exact) mass is 674 g/mol. The highest BCUT2D eigenvalue weighted by Crippen LogP contribution is 2.43. The Hall–Kier alpha value is -1.51. The lowest BCUT2D eigenvalue weighted by Crippen LogP contribution is -2.37. The van der Waals surface area contributed by atoms with Crippen molar-refractivity contribution in [3.05, 3.63) is 24.3 Å². The second-order valence-corrected chi connectivity index (χ2v) is 14.8. The van der Waals surface area contributed by atoms with Crippen LogP contribution in [0.15, 0.2) is 24.3 Å². The molecule has 0 saturated heterocycles. The van der Waals surface area contributed by atoms with E-state index in [1.807, 2.05) is 21.1 Å². The number of phosphoric ester groups is 1. The third-order valence-corrected chi connectivity index (χ3v) is 8.53. The summed E-state index contributed by atoms with van der Waals surface area (Å²) in [6.07, 6.45) is 31.6. The highest BCUT2D eigenvalue weighted by atomic mass is 31.2. The Bertz CT molecular complexity index is 855. The summed E-state index contributed by atoms with van der Waals surface area (Å²) >= 11 is 0. The first-order chi connectivity index (χ1) is 21.9. The predicted molar refractivity (Wildman–Crippen MR) is 187 cm³/mol. The van der Waals surface area contributed by atoms with Crippen LogP contribution < -0.4 is 0 Å². The number of esters is 2. The molecule has 270 valence electrons. The van der Waals surface area contributed by atoms with E-state index < -0.39 is 32.5 Å². The number of ether oxygens (including phenoxy) is 2. The minimum Gasteiger partial charge on any atom is -0.462 e. The SMILES string of the molecule is CCCCCCC/C=C\C/C=C\CCCCCCCCCCCCCC(=O)OC(COC(C)=O)COP(=O)(O)OCC[N+](C)(C)C. The first-order valence-corrected chi connectivity index (χ1v) is 19.5. The first-order valence-electron chi connectivity index (χ1n) is 18.0. The van der Waals surface area contributed by atoms with Crippen LogP contribution >= 0.6 is 7.82 Å². The van der Waals surface area contributed by atoms with Crippen LogP contribution in [0.2, 0.25) is 0 Å². The van der Waals surface area contributed by atoms with Gasteiger partial charge in [0.05, 0.1) is 27.7 Å². The van der Waals surface area contributed by atoms with Crippen molar-refractivity contribution in [2.45, 2.75) is 148 Å². The molecule has 0 aliphatic rings. The van der Waals surface area contributed by atoms with Gasteiger partial charge in [-0.3, -0.25) is 18.6 Å². The molecule has 0 saturated carbocycles. The number of hydrogen-bond donors (Lipinski definition) is 1. The molecule has 2 unspecified atom stereocenters. The molecule has 0 aliphatic heterocycles. The van der Waals surface area contributed by atoms with Crippen molar-refractivity contribution in [2.75, 3.05) is 47.5 Å². The van der Waals surface area contributed by atoms with Crippen molar-refractivity contribution in [3.8, 4) is 0 Å². The number of likely N-dealkylation sites (N-methyl/N-ethyl adjacent to an activating group) is 1. The van der Waals surface area contributed by atoms with Crippen molar-refractivity contribution < 1.29 is 42.1 Å². The van der Waals surface area contributed by atoms with Crippen molar-refractivity contribution in [3.63, 3.8) is 0 Å². The van der Waals surface area contributed by atoms with E-state index >= 15 is 0 Å². The molecule has 0 aromatic carbocycles. The van der Waals surface area contributed by atoms with Gasteiger partial charge < -0.3 is 18.9 Å². The number of nitrogens with zero attached hydrogens (tertiary/aromatic N) is 1. The fraction of sp³-hybridized carbons (Fsp3) is 0.833. The minimum absolute atomic E-state index is 0.0294. The molecular weight excluding hydrogens is 605 g/mol. The first kappa shape index (κ1) is 44.5. The lowest BCUT2D eigenvalue weighted by Gasteiger charge is -2.24. The van der Waals surface area contributed by atoms with Crippen molar-refractivity contribution in [1.82, 2.24) is 0 Å². The van der Waals surface area contributed by atoms with Gasteiger partial charge in [-0.1, -0.05) is 115 Å². The Morgan fingerprint density at radius 2 is 1.22 bits per heavy atom. The number of unbranched alkanes of at least 4 members (excludes halogenated alkanes) is 16. The Morgan fingerprint density at radius 3 is 1.72 bits per heavy atom. The van der Waals surface area contributed by atoms with Crippen molar-refractivity contribution >= 4 is 19.8 Å². The van der Waals surface area contributed by atoms with E-state index in [1.165, 1.54) is 96.8 Å². The highest BCUT2D eigenvalue weighted by molar-refractivity contribution is 7.47. The number of carbonyl (C=O) groups excluding carboxylic acids is 2. The number of hydrogen-bond acceptors (Lipinski definition) is 7. The molecule has 0 rings (SSSR count). The maximum Gasteiger partial charge on any atom is 0.472 e.